The Labute approximate surface area is 255 Å². The second kappa shape index (κ2) is 15.9. The Morgan fingerprint density at radius 3 is 2.44 bits per heavy atom. The van der Waals surface area contributed by atoms with Gasteiger partial charge in [-0.2, -0.15) is 0 Å². The van der Waals surface area contributed by atoms with Gasteiger partial charge < -0.3 is 29.3 Å². The number of amides is 2. The van der Waals surface area contributed by atoms with E-state index >= 15 is 0 Å². The van der Waals surface area contributed by atoms with E-state index in [9.17, 15) is 14.4 Å². The maximum atomic E-state index is 13.8. The lowest BCUT2D eigenvalue weighted by Gasteiger charge is -2.40. The van der Waals surface area contributed by atoms with E-state index in [1.807, 2.05) is 21.9 Å². The third-order valence-corrected chi connectivity index (χ3v) is 8.30. The summed E-state index contributed by atoms with van der Waals surface area (Å²) in [5.74, 6) is 1.26. The first-order chi connectivity index (χ1) is 20.8. The van der Waals surface area contributed by atoms with Gasteiger partial charge in [0.15, 0.2) is 11.5 Å². The van der Waals surface area contributed by atoms with Crippen molar-refractivity contribution in [2.24, 2.45) is 0 Å². The summed E-state index contributed by atoms with van der Waals surface area (Å²) in [7, 11) is 3.25. The largest absolute Gasteiger partial charge is 0.493 e. The molecule has 43 heavy (non-hydrogen) atoms. The number of piperidine rings is 1. The highest BCUT2D eigenvalue weighted by Crippen LogP contribution is 2.31. The quantitative estimate of drug-likeness (QED) is 0.226. The molecular weight excluding hydrogens is 546 g/mol. The topological polar surface area (TPSA) is 97.4 Å². The van der Waals surface area contributed by atoms with Crippen LogP contribution in [0.1, 0.15) is 78.7 Å². The molecule has 2 aliphatic rings. The lowest BCUT2D eigenvalue weighted by Crippen LogP contribution is -2.54. The average Bonchev–Trinajstić information content (AvgIpc) is 3.85. The normalized spacial score (nSPS) is 18.3. The maximum Gasteiger partial charge on any atom is 0.254 e. The van der Waals surface area contributed by atoms with E-state index in [4.69, 9.17) is 14.2 Å². The molecule has 2 aromatic carbocycles. The van der Waals surface area contributed by atoms with Crippen molar-refractivity contribution in [1.82, 2.24) is 15.1 Å². The van der Waals surface area contributed by atoms with Crippen LogP contribution < -0.4 is 14.8 Å². The molecule has 0 radical (unpaired) electrons. The molecule has 2 amide bonds. The maximum absolute atomic E-state index is 13.8. The van der Waals surface area contributed by atoms with Gasteiger partial charge in [0.2, 0.25) is 5.91 Å². The van der Waals surface area contributed by atoms with E-state index in [0.29, 0.717) is 67.4 Å². The molecule has 9 heteroatoms. The average molecular weight is 594 g/mol. The molecule has 0 bridgehead atoms. The summed E-state index contributed by atoms with van der Waals surface area (Å²) in [6.45, 7) is 6.61. The molecule has 0 unspecified atom stereocenters. The molecular formula is C34H47N3O6. The number of methoxy groups -OCH3 is 2. The van der Waals surface area contributed by atoms with E-state index < -0.39 is 0 Å². The molecule has 1 aliphatic heterocycles. The van der Waals surface area contributed by atoms with Gasteiger partial charge in [0.1, 0.15) is 6.29 Å². The number of carbonyl (C=O) groups is 3. The zero-order valence-electron chi connectivity index (χ0n) is 26.1. The Morgan fingerprint density at radius 1 is 1.00 bits per heavy atom. The molecule has 1 aliphatic carbocycles. The van der Waals surface area contributed by atoms with Crippen molar-refractivity contribution < 1.29 is 28.6 Å². The summed E-state index contributed by atoms with van der Waals surface area (Å²) < 4.78 is 16.5. The first-order valence-corrected chi connectivity index (χ1v) is 15.5. The fourth-order valence-corrected chi connectivity index (χ4v) is 5.91. The Morgan fingerprint density at radius 2 is 1.79 bits per heavy atom. The Hall–Kier alpha value is -3.43. The molecule has 234 valence electrons. The zero-order valence-corrected chi connectivity index (χ0v) is 26.1. The highest BCUT2D eigenvalue weighted by molar-refractivity contribution is 5.95. The molecule has 0 spiro atoms. The molecule has 1 saturated heterocycles. The third kappa shape index (κ3) is 9.03. The number of carbonyl (C=O) groups excluding carboxylic acids is 3. The number of nitrogens with one attached hydrogen (secondary N) is 1. The van der Waals surface area contributed by atoms with E-state index in [1.54, 1.807) is 44.6 Å². The zero-order chi connectivity index (χ0) is 30.8. The first kappa shape index (κ1) is 32.5. The van der Waals surface area contributed by atoms with Gasteiger partial charge in [-0.1, -0.05) is 18.2 Å². The van der Waals surface area contributed by atoms with Crippen molar-refractivity contribution in [2.45, 2.75) is 83.0 Å². The van der Waals surface area contributed by atoms with E-state index in [1.165, 1.54) is 0 Å². The molecule has 2 fully saturated rings. The van der Waals surface area contributed by atoms with Crippen molar-refractivity contribution in [3.8, 4) is 11.5 Å². The highest BCUT2D eigenvalue weighted by atomic mass is 16.5. The molecule has 2 aromatic rings. The number of hydrogen-bond donors (Lipinski definition) is 1. The van der Waals surface area contributed by atoms with Crippen molar-refractivity contribution >= 4 is 18.1 Å². The number of ether oxygens (including phenoxy) is 3. The van der Waals surface area contributed by atoms with Crippen LogP contribution in [0.15, 0.2) is 42.5 Å². The first-order valence-electron chi connectivity index (χ1n) is 15.5. The summed E-state index contributed by atoms with van der Waals surface area (Å²) >= 11 is 0. The minimum Gasteiger partial charge on any atom is -0.493 e. The summed E-state index contributed by atoms with van der Waals surface area (Å²) in [4.78, 5) is 42.1. The van der Waals surface area contributed by atoms with Gasteiger partial charge in [0.05, 0.1) is 20.1 Å². The van der Waals surface area contributed by atoms with Crippen LogP contribution in [0.2, 0.25) is 0 Å². The van der Waals surface area contributed by atoms with E-state index in [-0.39, 0.29) is 23.9 Å². The van der Waals surface area contributed by atoms with Gasteiger partial charge in [-0.05, 0) is 75.8 Å². The smallest absolute Gasteiger partial charge is 0.254 e. The van der Waals surface area contributed by atoms with Gasteiger partial charge in [-0.15, -0.1) is 0 Å². The molecule has 4 rings (SSSR count). The van der Waals surface area contributed by atoms with Crippen molar-refractivity contribution in [2.75, 3.05) is 40.5 Å². The van der Waals surface area contributed by atoms with Crippen molar-refractivity contribution in [3.63, 3.8) is 0 Å². The lowest BCUT2D eigenvalue weighted by atomic mass is 9.95. The summed E-state index contributed by atoms with van der Waals surface area (Å²) in [6, 6.07) is 13.4. The van der Waals surface area contributed by atoms with Gasteiger partial charge in [0, 0.05) is 68.5 Å². The van der Waals surface area contributed by atoms with E-state index in [2.05, 4.69) is 19.2 Å². The van der Waals surface area contributed by atoms with Crippen LogP contribution >= 0.6 is 0 Å². The molecule has 9 nitrogen and oxygen atoms in total. The van der Waals surface area contributed by atoms with Gasteiger partial charge >= 0.3 is 0 Å². The van der Waals surface area contributed by atoms with Crippen LogP contribution in [-0.2, 0) is 16.0 Å². The minimum absolute atomic E-state index is 0.0196. The molecule has 1 saturated carbocycles. The van der Waals surface area contributed by atoms with Gasteiger partial charge in [-0.25, -0.2) is 0 Å². The monoisotopic (exact) mass is 593 g/mol. The predicted molar refractivity (Wildman–Crippen MR) is 166 cm³/mol. The Balaban J connectivity index is 1.32. The van der Waals surface area contributed by atoms with Crippen molar-refractivity contribution in [1.29, 1.82) is 0 Å². The van der Waals surface area contributed by atoms with Crippen molar-refractivity contribution in [3.05, 3.63) is 59.2 Å². The lowest BCUT2D eigenvalue weighted by molar-refractivity contribution is -0.131. The number of benzene rings is 2. The highest BCUT2D eigenvalue weighted by Gasteiger charge is 2.34. The van der Waals surface area contributed by atoms with Crippen LogP contribution in [0.5, 0.6) is 11.5 Å². The van der Waals surface area contributed by atoms with Gasteiger partial charge in [-0.3, -0.25) is 14.4 Å². The fraction of sp³-hybridized carbons (Fsp3) is 0.559. The molecule has 1 N–H and O–H groups in total. The SMILES string of the molecule is COCCCOc1cc(C(=O)N(C(C)C)[C@@H]2CC[C@H](CCN(C(=O)Cc3cccc(C=O)c3)C3CC3)NC2)ccc1OC. The molecule has 0 aromatic heterocycles. The Bertz CT molecular complexity index is 1220. The molecule has 1 heterocycles. The minimum atomic E-state index is -0.0196. The van der Waals surface area contributed by atoms with Crippen LogP contribution in [0.25, 0.3) is 0 Å². The van der Waals surface area contributed by atoms with Crippen LogP contribution in [0, 0.1) is 0 Å². The number of nitrogens with zero attached hydrogens (tertiary/aromatic N) is 2. The van der Waals surface area contributed by atoms with E-state index in [0.717, 1.165) is 50.4 Å². The number of aldehydes is 1. The summed E-state index contributed by atoms with van der Waals surface area (Å²) in [6.07, 6.45) is 6.69. The predicted octanol–water partition coefficient (Wildman–Crippen LogP) is 4.52. The fourth-order valence-electron chi connectivity index (χ4n) is 5.91. The van der Waals surface area contributed by atoms with Crippen LogP contribution in [0.3, 0.4) is 0 Å². The summed E-state index contributed by atoms with van der Waals surface area (Å²) in [5, 5.41) is 3.67. The van der Waals surface area contributed by atoms with Crippen LogP contribution in [-0.4, -0.2) is 92.6 Å². The second-order valence-electron chi connectivity index (χ2n) is 11.8. The number of hydrogen-bond acceptors (Lipinski definition) is 7. The van der Waals surface area contributed by atoms with Gasteiger partial charge in [0.25, 0.3) is 5.91 Å². The summed E-state index contributed by atoms with van der Waals surface area (Å²) in [5.41, 5.74) is 2.05. The number of rotatable bonds is 16. The Kier molecular flexibility index (Phi) is 12.0. The third-order valence-electron chi connectivity index (χ3n) is 8.30. The second-order valence-corrected chi connectivity index (χ2v) is 11.8. The van der Waals surface area contributed by atoms with Crippen LogP contribution in [0.4, 0.5) is 0 Å². The standard InChI is InChI=1S/C34H47N3O6/c1-24(2)37(34(40)27-9-14-31(42-4)32(21-27)43-18-6-17-41-3)30-11-10-28(35-22-30)15-16-36(29-12-13-29)33(39)20-25-7-5-8-26(19-25)23-38/h5,7-9,14,19,21,23-24,28-30,35H,6,10-13,15-18,20,22H2,1-4H3/t28-,30-/m1/s1. The molecule has 2 atom stereocenters.